The molecule has 0 unspecified atom stereocenters. The van der Waals surface area contributed by atoms with Gasteiger partial charge in [0.1, 0.15) is 21.7 Å². The third-order valence-corrected chi connectivity index (χ3v) is 3.24. The highest BCUT2D eigenvalue weighted by molar-refractivity contribution is 7.19. The number of halogens is 1. The van der Waals surface area contributed by atoms with E-state index in [9.17, 15) is 0 Å². The molecule has 0 bridgehead atoms. The molecule has 14 heavy (non-hydrogen) atoms. The maximum absolute atomic E-state index is 5.89. The average molecular weight is 222 g/mol. The predicted molar refractivity (Wildman–Crippen MR) is 57.3 cm³/mol. The molecular formula is C9H4ClN3S. The topological polar surface area (TPSA) is 38.7 Å². The van der Waals surface area contributed by atoms with E-state index in [1.54, 1.807) is 0 Å². The molecule has 0 N–H and O–H groups in total. The van der Waals surface area contributed by atoms with Crippen LogP contribution in [0, 0.1) is 0 Å². The number of fused-ring (bicyclic) bond motifs is 1. The molecule has 2 aromatic rings. The van der Waals surface area contributed by atoms with Gasteiger partial charge in [-0.05, 0) is 0 Å². The Balaban J connectivity index is 2.25. The van der Waals surface area contributed by atoms with Gasteiger partial charge in [-0.1, -0.05) is 41.2 Å². The second-order valence-corrected chi connectivity index (χ2v) is 4.15. The van der Waals surface area contributed by atoms with Crippen LogP contribution in [0.4, 0.5) is 0 Å². The fourth-order valence-corrected chi connectivity index (χ4v) is 2.33. The van der Waals surface area contributed by atoms with Gasteiger partial charge in [-0.2, -0.15) is 0 Å². The summed E-state index contributed by atoms with van der Waals surface area (Å²) in [6, 6.07) is 0. The number of hydrogen-bond donors (Lipinski definition) is 0. The highest BCUT2D eigenvalue weighted by atomic mass is 35.5. The van der Waals surface area contributed by atoms with Crippen LogP contribution in [0.5, 0.6) is 0 Å². The Morgan fingerprint density at radius 3 is 2.79 bits per heavy atom. The Hall–Kier alpha value is -1.26. The van der Waals surface area contributed by atoms with Gasteiger partial charge in [-0.15, -0.1) is 0 Å². The molecule has 2 heterocycles. The molecule has 0 saturated heterocycles. The highest BCUT2D eigenvalue weighted by Crippen LogP contribution is 2.31. The maximum atomic E-state index is 5.89. The van der Waals surface area contributed by atoms with E-state index in [0.29, 0.717) is 10.7 Å². The van der Waals surface area contributed by atoms with Gasteiger partial charge >= 0.3 is 0 Å². The molecule has 0 amide bonds. The quantitative estimate of drug-likeness (QED) is 0.695. The van der Waals surface area contributed by atoms with Gasteiger partial charge in [0.2, 0.25) is 0 Å². The van der Waals surface area contributed by atoms with Crippen molar-refractivity contribution >= 4 is 38.9 Å². The first-order chi connectivity index (χ1) is 6.84. The van der Waals surface area contributed by atoms with Gasteiger partial charge in [0.25, 0.3) is 0 Å². The van der Waals surface area contributed by atoms with Gasteiger partial charge in [-0.25, -0.2) is 15.0 Å². The summed E-state index contributed by atoms with van der Waals surface area (Å²) in [4.78, 5) is 13.2. The third kappa shape index (κ3) is 1.08. The molecule has 1 aliphatic carbocycles. The maximum Gasteiger partial charge on any atom is 0.159 e. The summed E-state index contributed by atoms with van der Waals surface area (Å²) in [5, 5.41) is 1.37. The molecule has 5 heteroatoms. The van der Waals surface area contributed by atoms with Gasteiger partial charge in [0.15, 0.2) is 5.15 Å². The van der Waals surface area contributed by atoms with Gasteiger partial charge in [0.05, 0.1) is 0 Å². The van der Waals surface area contributed by atoms with Crippen LogP contribution in [-0.4, -0.2) is 15.0 Å². The Kier molecular flexibility index (Phi) is 1.65. The summed E-state index contributed by atoms with van der Waals surface area (Å²) < 4.78 is 0. The first kappa shape index (κ1) is 8.08. The van der Waals surface area contributed by atoms with Crippen LogP contribution in [0.1, 0.15) is 5.01 Å². The van der Waals surface area contributed by atoms with Crippen LogP contribution in [0.2, 0.25) is 5.15 Å². The lowest BCUT2D eigenvalue weighted by Gasteiger charge is -2.00. The Morgan fingerprint density at radius 1 is 1.29 bits per heavy atom. The van der Waals surface area contributed by atoms with Crippen LogP contribution in [0.3, 0.4) is 0 Å². The minimum Gasteiger partial charge on any atom is -0.231 e. The van der Waals surface area contributed by atoms with E-state index in [2.05, 4.69) is 15.0 Å². The fraction of sp³-hybridized carbons (Fsp3) is 0. The van der Waals surface area contributed by atoms with E-state index >= 15 is 0 Å². The smallest absolute Gasteiger partial charge is 0.159 e. The van der Waals surface area contributed by atoms with Crippen molar-refractivity contribution in [2.24, 2.45) is 0 Å². The first-order valence-electron chi connectivity index (χ1n) is 4.00. The second-order valence-electron chi connectivity index (χ2n) is 2.82. The van der Waals surface area contributed by atoms with Crippen molar-refractivity contribution in [3.63, 3.8) is 0 Å². The summed E-state index contributed by atoms with van der Waals surface area (Å²) in [6.45, 7) is 0. The zero-order valence-corrected chi connectivity index (χ0v) is 8.51. The third-order valence-electron chi connectivity index (χ3n) is 1.95. The molecule has 3 rings (SSSR count). The van der Waals surface area contributed by atoms with E-state index < -0.39 is 0 Å². The van der Waals surface area contributed by atoms with Gasteiger partial charge in [0, 0.05) is 5.57 Å². The highest BCUT2D eigenvalue weighted by Gasteiger charge is 2.12. The molecule has 0 fully saturated rings. The van der Waals surface area contributed by atoms with Crippen molar-refractivity contribution in [2.45, 2.75) is 0 Å². The summed E-state index contributed by atoms with van der Waals surface area (Å²) in [6.07, 6.45) is 7.46. The number of thiazole rings is 1. The van der Waals surface area contributed by atoms with Crippen LogP contribution in [0.15, 0.2) is 24.6 Å². The van der Waals surface area contributed by atoms with Crippen molar-refractivity contribution in [2.75, 3.05) is 0 Å². The van der Waals surface area contributed by atoms with E-state index in [0.717, 1.165) is 15.4 Å². The lowest BCUT2D eigenvalue weighted by atomic mass is 10.1. The van der Waals surface area contributed by atoms with E-state index in [4.69, 9.17) is 11.6 Å². The Morgan fingerprint density at radius 2 is 2.14 bits per heavy atom. The lowest BCUT2D eigenvalue weighted by Crippen LogP contribution is -1.84. The number of rotatable bonds is 1. The SMILES string of the molecule is Clc1ncnc2sc(C3=CC=C3)nc12. The number of aromatic nitrogens is 3. The van der Waals surface area contributed by atoms with Crippen molar-refractivity contribution in [3.05, 3.63) is 34.7 Å². The van der Waals surface area contributed by atoms with E-state index in [-0.39, 0.29) is 0 Å². The summed E-state index contributed by atoms with van der Waals surface area (Å²) >= 11 is 7.42. The number of hydrogen-bond acceptors (Lipinski definition) is 4. The minimum absolute atomic E-state index is 0.418. The molecule has 0 aromatic carbocycles. The monoisotopic (exact) mass is 221 g/mol. The standard InChI is InChI=1S/C9H4ClN3S/c10-7-6-9(12-4-11-7)14-8(13-6)5-2-1-3-5/h1-4H. The van der Waals surface area contributed by atoms with Crippen molar-refractivity contribution in [3.8, 4) is 0 Å². The van der Waals surface area contributed by atoms with Crippen LogP contribution in [-0.2, 0) is 0 Å². The summed E-state index contributed by atoms with van der Waals surface area (Å²) in [5.41, 5.74) is 1.82. The molecule has 0 spiro atoms. The Bertz CT molecular complexity index is 570. The number of nitrogens with zero attached hydrogens (tertiary/aromatic N) is 3. The molecule has 0 atom stereocenters. The molecule has 0 radical (unpaired) electrons. The van der Waals surface area contributed by atoms with Gasteiger partial charge < -0.3 is 0 Å². The normalized spacial score (nSPS) is 14.2. The summed E-state index contributed by atoms with van der Waals surface area (Å²) in [7, 11) is 0. The fourth-order valence-electron chi connectivity index (χ4n) is 1.19. The second kappa shape index (κ2) is 2.87. The van der Waals surface area contributed by atoms with Crippen LogP contribution < -0.4 is 0 Å². The van der Waals surface area contributed by atoms with Gasteiger partial charge in [-0.3, -0.25) is 0 Å². The van der Waals surface area contributed by atoms with E-state index in [1.807, 2.05) is 18.2 Å². The molecule has 68 valence electrons. The molecule has 0 saturated carbocycles. The zero-order valence-electron chi connectivity index (χ0n) is 6.94. The Labute approximate surface area is 88.8 Å². The molecular weight excluding hydrogens is 218 g/mol. The first-order valence-corrected chi connectivity index (χ1v) is 5.20. The van der Waals surface area contributed by atoms with Crippen LogP contribution >= 0.6 is 22.9 Å². The average Bonchev–Trinajstić information content (AvgIpc) is 2.46. The number of allylic oxidation sites excluding steroid dienone is 4. The van der Waals surface area contributed by atoms with Crippen molar-refractivity contribution < 1.29 is 0 Å². The molecule has 0 aliphatic heterocycles. The predicted octanol–water partition coefficient (Wildman–Crippen LogP) is 2.69. The van der Waals surface area contributed by atoms with Crippen LogP contribution in [0.25, 0.3) is 15.9 Å². The molecule has 1 aliphatic rings. The van der Waals surface area contributed by atoms with E-state index in [1.165, 1.54) is 17.7 Å². The van der Waals surface area contributed by atoms with Crippen molar-refractivity contribution in [1.82, 2.24) is 15.0 Å². The summed E-state index contributed by atoms with van der Waals surface area (Å²) in [5.74, 6) is 0. The lowest BCUT2D eigenvalue weighted by molar-refractivity contribution is 1.22. The largest absolute Gasteiger partial charge is 0.231 e. The van der Waals surface area contributed by atoms with Crippen molar-refractivity contribution in [1.29, 1.82) is 0 Å². The minimum atomic E-state index is 0.418. The molecule has 2 aromatic heterocycles. The zero-order chi connectivity index (χ0) is 9.54. The molecule has 3 nitrogen and oxygen atoms in total.